The lowest BCUT2D eigenvalue weighted by Crippen LogP contribution is -2.43. The number of likely N-dealkylation sites (tertiary alicyclic amines) is 1. The predicted molar refractivity (Wildman–Crippen MR) is 111 cm³/mol. The fourth-order valence-electron chi connectivity index (χ4n) is 4.01. The van der Waals surface area contributed by atoms with E-state index < -0.39 is 0 Å². The van der Waals surface area contributed by atoms with Gasteiger partial charge >= 0.3 is 6.03 Å². The number of hydrogen-bond acceptors (Lipinski definition) is 7. The van der Waals surface area contributed by atoms with Gasteiger partial charge in [0.2, 0.25) is 0 Å². The number of urea groups is 1. The fraction of sp³-hybridized carbons (Fsp3) is 0.350. The van der Waals surface area contributed by atoms with Crippen molar-refractivity contribution in [2.75, 3.05) is 32.9 Å². The number of carbonyl (C=O) groups excluding carboxylic acids is 1. The van der Waals surface area contributed by atoms with Gasteiger partial charge in [-0.15, -0.1) is 0 Å². The molecule has 0 saturated carbocycles. The molecule has 1 aliphatic heterocycles. The molecule has 0 bridgehead atoms. The highest BCUT2D eigenvalue weighted by molar-refractivity contribution is 5.87. The van der Waals surface area contributed by atoms with E-state index in [1.54, 1.807) is 29.7 Å². The number of amides is 2. The largest absolute Gasteiger partial charge is 0.453 e. The molecule has 4 aromatic heterocycles. The van der Waals surface area contributed by atoms with Crippen LogP contribution in [0, 0.1) is 0 Å². The predicted octanol–water partition coefficient (Wildman–Crippen LogP) is 2.38. The van der Waals surface area contributed by atoms with E-state index in [1.807, 2.05) is 23.1 Å². The minimum Gasteiger partial charge on any atom is -0.453 e. The van der Waals surface area contributed by atoms with Gasteiger partial charge in [-0.2, -0.15) is 5.10 Å². The van der Waals surface area contributed by atoms with Crippen molar-refractivity contribution < 1.29 is 9.21 Å². The number of nitrogens with zero attached hydrogens (tertiary/aromatic N) is 7. The number of pyridine rings is 1. The van der Waals surface area contributed by atoms with Crippen molar-refractivity contribution in [2.45, 2.75) is 18.8 Å². The average Bonchev–Trinajstić information content (AvgIpc) is 3.35. The Morgan fingerprint density at radius 1 is 1.27 bits per heavy atom. The number of anilines is 1. The first-order chi connectivity index (χ1) is 14.5. The summed E-state index contributed by atoms with van der Waals surface area (Å²) < 4.78 is 7.74. The van der Waals surface area contributed by atoms with E-state index in [-0.39, 0.29) is 11.9 Å². The number of hydrogen-bond donors (Lipinski definition) is 1. The molecule has 10 heteroatoms. The summed E-state index contributed by atoms with van der Waals surface area (Å²) in [4.78, 5) is 29.1. The number of carbonyl (C=O) groups is 1. The summed E-state index contributed by atoms with van der Waals surface area (Å²) in [6.07, 6.45) is 4.74. The van der Waals surface area contributed by atoms with Gasteiger partial charge in [0.15, 0.2) is 17.2 Å². The highest BCUT2D eigenvalue weighted by Gasteiger charge is 2.30. The van der Waals surface area contributed by atoms with Gasteiger partial charge in [-0.1, -0.05) is 0 Å². The molecular weight excluding hydrogens is 384 g/mol. The molecule has 30 heavy (non-hydrogen) atoms. The van der Waals surface area contributed by atoms with Gasteiger partial charge in [0.25, 0.3) is 0 Å². The van der Waals surface area contributed by atoms with E-state index in [2.05, 4.69) is 15.1 Å². The lowest BCUT2D eigenvalue weighted by Gasteiger charge is -2.33. The molecule has 5 heterocycles. The summed E-state index contributed by atoms with van der Waals surface area (Å²) in [5.41, 5.74) is 8.86. The van der Waals surface area contributed by atoms with E-state index in [4.69, 9.17) is 15.1 Å². The lowest BCUT2D eigenvalue weighted by atomic mass is 9.96. The van der Waals surface area contributed by atoms with Gasteiger partial charge in [-0.25, -0.2) is 19.3 Å². The molecule has 4 aromatic rings. The molecule has 10 nitrogen and oxygen atoms in total. The van der Waals surface area contributed by atoms with E-state index >= 15 is 0 Å². The molecular formula is C20H22N8O2. The van der Waals surface area contributed by atoms with E-state index in [0.29, 0.717) is 41.5 Å². The van der Waals surface area contributed by atoms with Crippen molar-refractivity contribution in [3.8, 4) is 11.5 Å². The molecule has 2 N–H and O–H groups in total. The van der Waals surface area contributed by atoms with Crippen LogP contribution in [0.3, 0.4) is 0 Å². The summed E-state index contributed by atoms with van der Waals surface area (Å²) in [6, 6.07) is 5.57. The quantitative estimate of drug-likeness (QED) is 0.543. The molecule has 1 aliphatic rings. The van der Waals surface area contributed by atoms with Crippen LogP contribution in [0.5, 0.6) is 0 Å². The van der Waals surface area contributed by atoms with Crippen molar-refractivity contribution >= 4 is 28.5 Å². The number of furan rings is 1. The second-order valence-corrected chi connectivity index (χ2v) is 7.66. The molecule has 0 atom stereocenters. The number of aromatic nitrogens is 5. The van der Waals surface area contributed by atoms with Crippen LogP contribution in [-0.4, -0.2) is 67.6 Å². The SMILES string of the molecule is CN(C)C(=O)N1CCC(c2nc(-c3cc4ncccc4o3)c3c(N)ncnn23)CC1. The summed E-state index contributed by atoms with van der Waals surface area (Å²) in [5, 5.41) is 4.42. The van der Waals surface area contributed by atoms with Crippen LogP contribution in [0.4, 0.5) is 10.6 Å². The van der Waals surface area contributed by atoms with Gasteiger partial charge in [-0.3, -0.25) is 4.98 Å². The molecule has 0 unspecified atom stereocenters. The Kier molecular flexibility index (Phi) is 4.27. The number of nitrogen functional groups attached to an aromatic ring is 1. The molecule has 0 radical (unpaired) electrons. The highest BCUT2D eigenvalue weighted by Crippen LogP contribution is 2.35. The zero-order valence-electron chi connectivity index (χ0n) is 16.8. The van der Waals surface area contributed by atoms with Crippen molar-refractivity contribution in [2.24, 2.45) is 0 Å². The number of imidazole rings is 1. The number of piperidine rings is 1. The first-order valence-corrected chi connectivity index (χ1v) is 9.83. The monoisotopic (exact) mass is 406 g/mol. The third-order valence-electron chi connectivity index (χ3n) is 5.52. The van der Waals surface area contributed by atoms with Crippen LogP contribution >= 0.6 is 0 Å². The highest BCUT2D eigenvalue weighted by atomic mass is 16.3. The molecule has 1 fully saturated rings. The minimum atomic E-state index is 0.0310. The first kappa shape index (κ1) is 18.3. The van der Waals surface area contributed by atoms with Crippen LogP contribution in [0.25, 0.3) is 28.1 Å². The summed E-state index contributed by atoms with van der Waals surface area (Å²) in [5.74, 6) is 1.87. The second kappa shape index (κ2) is 6.97. The topological polar surface area (TPSA) is 119 Å². The molecule has 154 valence electrons. The van der Waals surface area contributed by atoms with Crippen LogP contribution in [0.1, 0.15) is 24.6 Å². The Labute approximate surface area is 172 Å². The van der Waals surface area contributed by atoms with Gasteiger partial charge in [0.05, 0.1) is 0 Å². The smallest absolute Gasteiger partial charge is 0.319 e. The Balaban J connectivity index is 1.54. The molecule has 2 amide bonds. The van der Waals surface area contributed by atoms with Crippen molar-refractivity contribution in [3.63, 3.8) is 0 Å². The van der Waals surface area contributed by atoms with Crippen LogP contribution in [0.2, 0.25) is 0 Å². The van der Waals surface area contributed by atoms with Crippen molar-refractivity contribution in [1.82, 2.24) is 34.4 Å². The van der Waals surface area contributed by atoms with Crippen LogP contribution < -0.4 is 5.73 Å². The minimum absolute atomic E-state index is 0.0310. The van der Waals surface area contributed by atoms with Crippen molar-refractivity contribution in [3.05, 3.63) is 36.5 Å². The maximum atomic E-state index is 12.2. The second-order valence-electron chi connectivity index (χ2n) is 7.66. The maximum absolute atomic E-state index is 12.2. The average molecular weight is 406 g/mol. The molecule has 0 aromatic carbocycles. The van der Waals surface area contributed by atoms with E-state index in [1.165, 1.54) is 6.33 Å². The van der Waals surface area contributed by atoms with Crippen LogP contribution in [0.15, 0.2) is 35.1 Å². The Hall–Kier alpha value is -3.69. The summed E-state index contributed by atoms with van der Waals surface area (Å²) in [6.45, 7) is 1.34. The van der Waals surface area contributed by atoms with E-state index in [9.17, 15) is 4.79 Å². The van der Waals surface area contributed by atoms with Gasteiger partial charge < -0.3 is 20.0 Å². The number of nitrogens with two attached hydrogens (primary N) is 1. The zero-order valence-corrected chi connectivity index (χ0v) is 16.8. The number of rotatable bonds is 2. The van der Waals surface area contributed by atoms with Crippen molar-refractivity contribution in [1.29, 1.82) is 0 Å². The van der Waals surface area contributed by atoms with Gasteiger partial charge in [0, 0.05) is 45.4 Å². The molecule has 5 rings (SSSR count). The third-order valence-corrected chi connectivity index (χ3v) is 5.52. The zero-order chi connectivity index (χ0) is 20.8. The maximum Gasteiger partial charge on any atom is 0.319 e. The summed E-state index contributed by atoms with van der Waals surface area (Å²) in [7, 11) is 3.54. The molecule has 1 saturated heterocycles. The van der Waals surface area contributed by atoms with Gasteiger partial charge in [-0.05, 0) is 25.0 Å². The molecule has 0 spiro atoms. The Morgan fingerprint density at radius 3 is 2.80 bits per heavy atom. The molecule has 0 aliphatic carbocycles. The van der Waals surface area contributed by atoms with Gasteiger partial charge in [0.1, 0.15) is 28.9 Å². The number of fused-ring (bicyclic) bond motifs is 2. The Bertz CT molecular complexity index is 1200. The lowest BCUT2D eigenvalue weighted by molar-refractivity contribution is 0.155. The van der Waals surface area contributed by atoms with Crippen LogP contribution in [-0.2, 0) is 0 Å². The fourth-order valence-corrected chi connectivity index (χ4v) is 4.01. The van der Waals surface area contributed by atoms with E-state index in [0.717, 1.165) is 24.2 Å². The standard InChI is InChI=1S/C20H22N8O2/c1-26(2)20(29)27-8-5-12(6-9-27)19-25-16(17-18(21)23-11-24-28(17)19)15-10-13-14(30-15)4-3-7-22-13/h3-4,7,10-12H,5-6,8-9H2,1-2H3,(H2,21,23,24). The third kappa shape index (κ3) is 2.92. The summed E-state index contributed by atoms with van der Waals surface area (Å²) >= 11 is 0. The first-order valence-electron chi connectivity index (χ1n) is 9.83. The normalized spacial score (nSPS) is 15.2. The Morgan fingerprint density at radius 2 is 2.07 bits per heavy atom.